The number of hydrogen-bond acceptors (Lipinski definition) is 5. The number of nitrogens with one attached hydrogen (secondary N) is 1. The molecule has 7 heteroatoms. The fourth-order valence-corrected chi connectivity index (χ4v) is 3.05. The van der Waals surface area contributed by atoms with Crippen LogP contribution in [0.1, 0.15) is 16.7 Å². The predicted octanol–water partition coefficient (Wildman–Crippen LogP) is 2.33. The Morgan fingerprint density at radius 3 is 2.81 bits per heavy atom. The fraction of sp³-hybridized carbons (Fsp3) is 0.211. The number of anilines is 1. The third kappa shape index (κ3) is 3.67. The van der Waals surface area contributed by atoms with E-state index in [9.17, 15) is 9.59 Å². The van der Waals surface area contributed by atoms with E-state index in [4.69, 9.17) is 12.2 Å². The molecule has 0 saturated carbocycles. The normalized spacial score (nSPS) is 17.7. The smallest absolute Gasteiger partial charge is 0.251 e. The van der Waals surface area contributed by atoms with E-state index < -0.39 is 17.7 Å². The number of hydrogen-bond donors (Lipinski definition) is 1. The summed E-state index contributed by atoms with van der Waals surface area (Å²) in [5.41, 5.74) is 3.55. The lowest BCUT2D eigenvalue weighted by Gasteiger charge is -2.32. The number of pyridine rings is 1. The molecule has 1 aromatic heterocycles. The second kappa shape index (κ2) is 7.53. The maximum atomic E-state index is 12.9. The topological polar surface area (TPSA) is 74.7 Å². The first-order valence-corrected chi connectivity index (χ1v) is 8.53. The minimum atomic E-state index is -1.01. The van der Waals surface area contributed by atoms with Gasteiger partial charge in [-0.15, -0.1) is 0 Å². The van der Waals surface area contributed by atoms with Crippen LogP contribution in [0.5, 0.6) is 0 Å². The number of aliphatic imine (C=N–C) groups is 1. The summed E-state index contributed by atoms with van der Waals surface area (Å²) in [6.07, 6.45) is 4.74. The standard InChI is InChI=1S/C19H18N4O2S/c1-12-5-6-16(13(2)8-12)23-18(25)15(17(24)22-19(23)26)11-21-10-14-4-3-7-20-9-14/h3-9,11,15H,10H2,1-2H3,(H,22,24,26)/t15-/m1/s1. The van der Waals surface area contributed by atoms with Crippen LogP contribution in [0.4, 0.5) is 5.69 Å². The first-order chi connectivity index (χ1) is 12.5. The summed E-state index contributed by atoms with van der Waals surface area (Å²) >= 11 is 5.22. The van der Waals surface area contributed by atoms with E-state index >= 15 is 0 Å². The first kappa shape index (κ1) is 17.9. The molecule has 6 nitrogen and oxygen atoms in total. The van der Waals surface area contributed by atoms with Crippen molar-refractivity contribution in [2.45, 2.75) is 20.4 Å². The molecule has 0 radical (unpaired) electrons. The van der Waals surface area contributed by atoms with Crippen LogP contribution in [-0.4, -0.2) is 28.1 Å². The molecule has 2 aromatic rings. The molecule has 1 atom stereocenters. The maximum Gasteiger partial charge on any atom is 0.251 e. The van der Waals surface area contributed by atoms with Crippen molar-refractivity contribution < 1.29 is 9.59 Å². The van der Waals surface area contributed by atoms with Crippen molar-refractivity contribution >= 4 is 41.0 Å². The maximum absolute atomic E-state index is 12.9. The van der Waals surface area contributed by atoms with E-state index in [1.165, 1.54) is 11.1 Å². The summed E-state index contributed by atoms with van der Waals surface area (Å²) in [4.78, 5) is 34.7. The third-order valence-corrected chi connectivity index (χ3v) is 4.33. The second-order valence-corrected chi connectivity index (χ2v) is 6.47. The Hall–Kier alpha value is -2.93. The van der Waals surface area contributed by atoms with Gasteiger partial charge in [0.1, 0.15) is 0 Å². The molecule has 1 aliphatic heterocycles. The van der Waals surface area contributed by atoms with Crippen LogP contribution < -0.4 is 10.2 Å². The van der Waals surface area contributed by atoms with E-state index in [0.717, 1.165) is 16.7 Å². The molecule has 0 unspecified atom stereocenters. The van der Waals surface area contributed by atoms with Gasteiger partial charge in [-0.3, -0.25) is 24.5 Å². The van der Waals surface area contributed by atoms with Crippen LogP contribution in [0.2, 0.25) is 0 Å². The summed E-state index contributed by atoms with van der Waals surface area (Å²) in [5, 5.41) is 2.68. The van der Waals surface area contributed by atoms with Gasteiger partial charge in [-0.2, -0.15) is 0 Å². The van der Waals surface area contributed by atoms with E-state index in [0.29, 0.717) is 12.2 Å². The molecule has 2 amide bonds. The fourth-order valence-electron chi connectivity index (χ4n) is 2.76. The molecule has 132 valence electrons. The molecule has 1 fully saturated rings. The quantitative estimate of drug-likeness (QED) is 0.512. The highest BCUT2D eigenvalue weighted by Gasteiger charge is 2.38. The number of benzene rings is 1. The van der Waals surface area contributed by atoms with Crippen LogP contribution in [0, 0.1) is 19.8 Å². The summed E-state index contributed by atoms with van der Waals surface area (Å²) in [7, 11) is 0. The Labute approximate surface area is 157 Å². The summed E-state index contributed by atoms with van der Waals surface area (Å²) in [6.45, 7) is 4.22. The Morgan fingerprint density at radius 2 is 2.12 bits per heavy atom. The molecular weight excluding hydrogens is 348 g/mol. The van der Waals surface area contributed by atoms with E-state index in [2.05, 4.69) is 15.3 Å². The molecule has 1 aliphatic rings. The van der Waals surface area contributed by atoms with Gasteiger partial charge in [0.15, 0.2) is 11.0 Å². The minimum absolute atomic E-state index is 0.0869. The Bertz CT molecular complexity index is 896. The summed E-state index contributed by atoms with van der Waals surface area (Å²) < 4.78 is 0. The molecule has 2 heterocycles. The van der Waals surface area contributed by atoms with Crippen molar-refractivity contribution in [2.24, 2.45) is 10.9 Å². The van der Waals surface area contributed by atoms with Crippen molar-refractivity contribution in [1.82, 2.24) is 10.3 Å². The highest BCUT2D eigenvalue weighted by Crippen LogP contribution is 2.25. The number of nitrogens with zero attached hydrogens (tertiary/aromatic N) is 3. The summed E-state index contributed by atoms with van der Waals surface area (Å²) in [6, 6.07) is 9.39. The lowest BCUT2D eigenvalue weighted by molar-refractivity contribution is -0.130. The van der Waals surface area contributed by atoms with Crippen molar-refractivity contribution in [3.05, 3.63) is 59.4 Å². The number of carbonyl (C=O) groups excluding carboxylic acids is 2. The number of aryl methyl sites for hydroxylation is 2. The van der Waals surface area contributed by atoms with Crippen LogP contribution in [0.25, 0.3) is 0 Å². The number of aromatic nitrogens is 1. The third-order valence-electron chi connectivity index (χ3n) is 4.05. The SMILES string of the molecule is Cc1ccc(N2C(=O)[C@H](C=NCc3cccnc3)C(=O)NC2=S)c(C)c1. The van der Waals surface area contributed by atoms with Gasteiger partial charge in [0, 0.05) is 18.6 Å². The second-order valence-electron chi connectivity index (χ2n) is 6.09. The van der Waals surface area contributed by atoms with Gasteiger partial charge in [0.25, 0.3) is 5.91 Å². The average molecular weight is 366 g/mol. The Morgan fingerprint density at radius 1 is 1.31 bits per heavy atom. The van der Waals surface area contributed by atoms with Crippen molar-refractivity contribution in [3.8, 4) is 0 Å². The van der Waals surface area contributed by atoms with E-state index in [-0.39, 0.29) is 5.11 Å². The van der Waals surface area contributed by atoms with Crippen molar-refractivity contribution in [2.75, 3.05) is 4.90 Å². The Kier molecular flexibility index (Phi) is 5.18. The van der Waals surface area contributed by atoms with E-state index in [1.807, 2.05) is 44.2 Å². The molecule has 26 heavy (non-hydrogen) atoms. The summed E-state index contributed by atoms with van der Waals surface area (Å²) in [5.74, 6) is -1.88. The number of rotatable bonds is 4. The minimum Gasteiger partial charge on any atom is -0.301 e. The monoisotopic (exact) mass is 366 g/mol. The highest BCUT2D eigenvalue weighted by molar-refractivity contribution is 7.80. The van der Waals surface area contributed by atoms with Gasteiger partial charge < -0.3 is 5.32 Å². The molecule has 0 aliphatic carbocycles. The first-order valence-electron chi connectivity index (χ1n) is 8.12. The van der Waals surface area contributed by atoms with Gasteiger partial charge in [-0.05, 0) is 49.3 Å². The van der Waals surface area contributed by atoms with Gasteiger partial charge >= 0.3 is 0 Å². The van der Waals surface area contributed by atoms with Gasteiger partial charge in [0.05, 0.1) is 12.2 Å². The van der Waals surface area contributed by atoms with Crippen molar-refractivity contribution in [1.29, 1.82) is 0 Å². The zero-order chi connectivity index (χ0) is 18.7. The van der Waals surface area contributed by atoms with Gasteiger partial charge in [-0.1, -0.05) is 23.8 Å². The molecule has 0 spiro atoms. The van der Waals surface area contributed by atoms with Crippen molar-refractivity contribution in [3.63, 3.8) is 0 Å². The molecular formula is C19H18N4O2S. The number of carbonyl (C=O) groups is 2. The lowest BCUT2D eigenvalue weighted by Crippen LogP contribution is -2.58. The largest absolute Gasteiger partial charge is 0.301 e. The van der Waals surface area contributed by atoms with Gasteiger partial charge in [-0.25, -0.2) is 0 Å². The van der Waals surface area contributed by atoms with Crippen LogP contribution in [0.3, 0.4) is 0 Å². The molecule has 1 N–H and O–H groups in total. The number of thiocarbonyl (C=S) groups is 1. The van der Waals surface area contributed by atoms with Crippen LogP contribution in [0.15, 0.2) is 47.7 Å². The molecule has 1 aromatic carbocycles. The highest BCUT2D eigenvalue weighted by atomic mass is 32.1. The van der Waals surface area contributed by atoms with Crippen LogP contribution in [-0.2, 0) is 16.1 Å². The molecule has 0 bridgehead atoms. The Balaban J connectivity index is 1.83. The average Bonchev–Trinajstić information content (AvgIpc) is 2.60. The zero-order valence-corrected chi connectivity index (χ0v) is 15.3. The molecule has 1 saturated heterocycles. The van der Waals surface area contributed by atoms with E-state index in [1.54, 1.807) is 12.4 Å². The lowest BCUT2D eigenvalue weighted by atomic mass is 10.0. The number of amides is 2. The zero-order valence-electron chi connectivity index (χ0n) is 14.5. The van der Waals surface area contributed by atoms with Crippen LogP contribution >= 0.6 is 12.2 Å². The van der Waals surface area contributed by atoms with Gasteiger partial charge in [0.2, 0.25) is 5.91 Å². The predicted molar refractivity (Wildman–Crippen MR) is 104 cm³/mol. The molecule has 3 rings (SSSR count).